The Morgan fingerprint density at radius 2 is 2.23 bits per heavy atom. The minimum Gasteiger partial charge on any atom is -0.464 e. The topological polar surface area (TPSA) is 49.6 Å². The van der Waals surface area contributed by atoms with Crippen LogP contribution >= 0.6 is 11.3 Å². The number of piperidine rings is 1. The average Bonchev–Trinajstić information content (AvgIpc) is 3.18. The van der Waals surface area contributed by atoms with Crippen molar-refractivity contribution >= 4 is 22.4 Å². The third kappa shape index (κ3) is 3.32. The highest BCUT2D eigenvalue weighted by atomic mass is 32.1. The number of amides is 1. The maximum Gasteiger partial charge on any atom is 0.225 e. The molecule has 1 amide bonds. The summed E-state index contributed by atoms with van der Waals surface area (Å²) in [5, 5.41) is 3.05. The Bertz CT molecular complexity index is 615. The van der Waals surface area contributed by atoms with Crippen molar-refractivity contribution in [2.45, 2.75) is 26.3 Å². The number of furan rings is 1. The van der Waals surface area contributed by atoms with Crippen LogP contribution in [-0.2, 0) is 11.3 Å². The van der Waals surface area contributed by atoms with Gasteiger partial charge in [-0.25, -0.2) is 4.98 Å². The first-order valence-corrected chi connectivity index (χ1v) is 8.46. The van der Waals surface area contributed by atoms with Crippen molar-refractivity contribution in [3.05, 3.63) is 35.2 Å². The fourth-order valence-corrected chi connectivity index (χ4v) is 3.58. The minimum atomic E-state index is 0.109. The molecule has 0 atom stereocenters. The highest BCUT2D eigenvalue weighted by Gasteiger charge is 2.28. The molecule has 1 saturated heterocycles. The van der Waals surface area contributed by atoms with Crippen molar-refractivity contribution in [1.82, 2.24) is 9.88 Å². The SMILES string of the molecule is Cc1ccc(CN(C)C(=O)C2CCN(c3nccs3)CC2)o1. The predicted molar refractivity (Wildman–Crippen MR) is 87.0 cm³/mol. The molecule has 0 radical (unpaired) electrons. The lowest BCUT2D eigenvalue weighted by Gasteiger charge is -2.32. The first kappa shape index (κ1) is 15.1. The Morgan fingerprint density at radius 1 is 1.45 bits per heavy atom. The Labute approximate surface area is 134 Å². The van der Waals surface area contributed by atoms with E-state index in [2.05, 4.69) is 9.88 Å². The summed E-state index contributed by atoms with van der Waals surface area (Å²) in [4.78, 5) is 20.9. The van der Waals surface area contributed by atoms with Crippen LogP contribution in [0.4, 0.5) is 5.13 Å². The Hall–Kier alpha value is -1.82. The molecule has 0 unspecified atom stereocenters. The number of hydrogen-bond acceptors (Lipinski definition) is 5. The van der Waals surface area contributed by atoms with Gasteiger partial charge in [0.2, 0.25) is 5.91 Å². The van der Waals surface area contributed by atoms with Crippen molar-refractivity contribution in [2.24, 2.45) is 5.92 Å². The number of carbonyl (C=O) groups excluding carboxylic acids is 1. The number of nitrogens with zero attached hydrogens (tertiary/aromatic N) is 3. The molecule has 118 valence electrons. The third-order valence-corrected chi connectivity index (χ3v) is 4.93. The van der Waals surface area contributed by atoms with E-state index >= 15 is 0 Å². The van der Waals surface area contributed by atoms with Gasteiger partial charge in [-0.2, -0.15) is 0 Å². The molecule has 5 nitrogen and oxygen atoms in total. The molecular weight excluding hydrogens is 298 g/mol. The molecule has 3 rings (SSSR count). The summed E-state index contributed by atoms with van der Waals surface area (Å²) < 4.78 is 5.55. The van der Waals surface area contributed by atoms with Gasteiger partial charge >= 0.3 is 0 Å². The normalized spacial score (nSPS) is 16.0. The molecule has 0 spiro atoms. The summed E-state index contributed by atoms with van der Waals surface area (Å²) in [5.41, 5.74) is 0. The summed E-state index contributed by atoms with van der Waals surface area (Å²) in [5.74, 6) is 2.05. The number of aromatic nitrogens is 1. The summed E-state index contributed by atoms with van der Waals surface area (Å²) in [6.07, 6.45) is 3.61. The molecule has 22 heavy (non-hydrogen) atoms. The molecule has 1 aliphatic heterocycles. The third-order valence-electron chi connectivity index (χ3n) is 4.10. The Balaban J connectivity index is 1.53. The predicted octanol–water partition coefficient (Wildman–Crippen LogP) is 2.92. The van der Waals surface area contributed by atoms with E-state index < -0.39 is 0 Å². The van der Waals surface area contributed by atoms with Gasteiger partial charge in [0.25, 0.3) is 0 Å². The van der Waals surface area contributed by atoms with E-state index in [9.17, 15) is 4.79 Å². The van der Waals surface area contributed by atoms with Crippen molar-refractivity contribution in [3.63, 3.8) is 0 Å². The zero-order chi connectivity index (χ0) is 15.5. The zero-order valence-electron chi connectivity index (χ0n) is 13.0. The lowest BCUT2D eigenvalue weighted by molar-refractivity contribution is -0.135. The van der Waals surface area contributed by atoms with E-state index in [-0.39, 0.29) is 11.8 Å². The summed E-state index contributed by atoms with van der Waals surface area (Å²) >= 11 is 1.66. The van der Waals surface area contributed by atoms with Crippen molar-refractivity contribution in [1.29, 1.82) is 0 Å². The monoisotopic (exact) mass is 319 g/mol. The van der Waals surface area contributed by atoms with Gasteiger partial charge in [0.05, 0.1) is 6.54 Å². The van der Waals surface area contributed by atoms with Gasteiger partial charge in [-0.1, -0.05) is 0 Å². The van der Waals surface area contributed by atoms with Crippen molar-refractivity contribution in [2.75, 3.05) is 25.0 Å². The van der Waals surface area contributed by atoms with E-state index in [4.69, 9.17) is 4.42 Å². The molecule has 0 saturated carbocycles. The zero-order valence-corrected chi connectivity index (χ0v) is 13.8. The van der Waals surface area contributed by atoms with Crippen LogP contribution in [0.25, 0.3) is 0 Å². The van der Waals surface area contributed by atoms with Crippen LogP contribution in [-0.4, -0.2) is 35.9 Å². The van der Waals surface area contributed by atoms with Crippen molar-refractivity contribution < 1.29 is 9.21 Å². The van der Waals surface area contributed by atoms with Crippen molar-refractivity contribution in [3.8, 4) is 0 Å². The second-order valence-electron chi connectivity index (χ2n) is 5.78. The molecule has 0 bridgehead atoms. The van der Waals surface area contributed by atoms with E-state index in [1.54, 1.807) is 16.2 Å². The second-order valence-corrected chi connectivity index (χ2v) is 6.66. The quantitative estimate of drug-likeness (QED) is 0.869. The summed E-state index contributed by atoms with van der Waals surface area (Å²) in [6.45, 7) is 4.26. The van der Waals surface area contributed by atoms with Gasteiger partial charge in [0.1, 0.15) is 11.5 Å². The van der Waals surface area contributed by atoms with Gasteiger partial charge in [-0.05, 0) is 31.9 Å². The fraction of sp³-hybridized carbons (Fsp3) is 0.500. The maximum atomic E-state index is 12.6. The smallest absolute Gasteiger partial charge is 0.225 e. The lowest BCUT2D eigenvalue weighted by Crippen LogP contribution is -2.41. The van der Waals surface area contributed by atoms with Gasteiger partial charge in [0.15, 0.2) is 5.13 Å². The standard InChI is InChI=1S/C16H21N3O2S/c1-12-3-4-14(21-12)11-18(2)15(20)13-5-8-19(9-6-13)16-17-7-10-22-16/h3-4,7,10,13H,5-6,8-9,11H2,1-2H3. The van der Waals surface area contributed by atoms with Crippen LogP contribution in [0.3, 0.4) is 0 Å². The Kier molecular flexibility index (Phi) is 4.47. The van der Waals surface area contributed by atoms with Gasteiger partial charge in [0, 0.05) is 37.6 Å². The molecule has 1 fully saturated rings. The molecule has 3 heterocycles. The van der Waals surface area contributed by atoms with E-state index in [0.29, 0.717) is 6.54 Å². The van der Waals surface area contributed by atoms with Crippen LogP contribution < -0.4 is 4.90 Å². The van der Waals surface area contributed by atoms with Crippen LogP contribution in [0.5, 0.6) is 0 Å². The molecule has 0 aromatic carbocycles. The van der Waals surface area contributed by atoms with Gasteiger partial charge in [-0.15, -0.1) is 11.3 Å². The minimum absolute atomic E-state index is 0.109. The van der Waals surface area contributed by atoms with E-state index in [1.165, 1.54) is 0 Å². The first-order valence-electron chi connectivity index (χ1n) is 7.58. The van der Waals surface area contributed by atoms with Gasteiger partial charge in [-0.3, -0.25) is 4.79 Å². The van der Waals surface area contributed by atoms with E-state index in [0.717, 1.165) is 42.6 Å². The van der Waals surface area contributed by atoms with Crippen LogP contribution in [0.15, 0.2) is 28.1 Å². The number of carbonyl (C=O) groups is 1. The number of anilines is 1. The lowest BCUT2D eigenvalue weighted by atomic mass is 9.95. The number of hydrogen-bond donors (Lipinski definition) is 0. The average molecular weight is 319 g/mol. The number of thiazole rings is 1. The second kappa shape index (κ2) is 6.52. The number of rotatable bonds is 4. The van der Waals surface area contributed by atoms with Crippen LogP contribution in [0.1, 0.15) is 24.4 Å². The highest BCUT2D eigenvalue weighted by molar-refractivity contribution is 7.13. The molecule has 6 heteroatoms. The number of aryl methyl sites for hydroxylation is 1. The summed E-state index contributed by atoms with van der Waals surface area (Å²) in [6, 6.07) is 3.87. The van der Waals surface area contributed by atoms with Crippen LogP contribution in [0, 0.1) is 12.8 Å². The molecule has 2 aromatic rings. The molecule has 2 aromatic heterocycles. The molecule has 1 aliphatic rings. The van der Waals surface area contributed by atoms with Gasteiger partial charge < -0.3 is 14.2 Å². The maximum absolute atomic E-state index is 12.6. The highest BCUT2D eigenvalue weighted by Crippen LogP contribution is 2.26. The largest absolute Gasteiger partial charge is 0.464 e. The molecule has 0 aliphatic carbocycles. The molecular formula is C16H21N3O2S. The van der Waals surface area contributed by atoms with Crippen LogP contribution in [0.2, 0.25) is 0 Å². The molecule has 0 N–H and O–H groups in total. The fourth-order valence-electron chi connectivity index (χ4n) is 2.88. The van der Waals surface area contributed by atoms with E-state index in [1.807, 2.05) is 37.7 Å². The first-order chi connectivity index (χ1) is 10.6. The Morgan fingerprint density at radius 3 is 2.82 bits per heavy atom. The summed E-state index contributed by atoms with van der Waals surface area (Å²) in [7, 11) is 1.85.